The molecule has 3 aromatic rings. The minimum absolute atomic E-state index is 0.174. The van der Waals surface area contributed by atoms with Crippen molar-refractivity contribution >= 4 is 29.5 Å². The average molecular weight is 442 g/mol. The maximum Gasteiger partial charge on any atom is 0.233 e. The van der Waals surface area contributed by atoms with E-state index in [1.807, 2.05) is 19.1 Å². The van der Waals surface area contributed by atoms with Crippen LogP contribution < -0.4 is 10.2 Å². The summed E-state index contributed by atoms with van der Waals surface area (Å²) in [5.41, 5.74) is 0. The number of hydrogen-bond acceptors (Lipinski definition) is 9. The van der Waals surface area contributed by atoms with E-state index in [2.05, 4.69) is 35.1 Å². The van der Waals surface area contributed by atoms with Gasteiger partial charge in [-0.05, 0) is 43.3 Å². The van der Waals surface area contributed by atoms with E-state index in [4.69, 9.17) is 5.11 Å². The Morgan fingerprint density at radius 1 is 1.00 bits per heavy atom. The Kier molecular flexibility index (Phi) is 6.90. The maximum absolute atomic E-state index is 13.0. The molecule has 1 aromatic carbocycles. The molecule has 1 saturated heterocycles. The molecule has 3 heterocycles. The third kappa shape index (κ3) is 5.87. The van der Waals surface area contributed by atoms with Crippen LogP contribution in [0.4, 0.5) is 22.1 Å². The number of nitrogens with one attached hydrogen (secondary N) is 1. The fraction of sp³-hybridized carbons (Fsp3) is 0.333. The van der Waals surface area contributed by atoms with Crippen molar-refractivity contribution in [1.82, 2.24) is 24.8 Å². The molecule has 0 atom stereocenters. The van der Waals surface area contributed by atoms with Crippen LogP contribution in [0.1, 0.15) is 5.82 Å². The van der Waals surface area contributed by atoms with E-state index in [1.54, 1.807) is 18.3 Å². The monoisotopic (exact) mass is 441 g/mol. The van der Waals surface area contributed by atoms with Crippen molar-refractivity contribution in [2.24, 2.45) is 0 Å². The van der Waals surface area contributed by atoms with Gasteiger partial charge in [0.2, 0.25) is 11.9 Å². The van der Waals surface area contributed by atoms with Crippen molar-refractivity contribution in [2.75, 3.05) is 49.5 Å². The first-order chi connectivity index (χ1) is 15.1. The Labute approximate surface area is 184 Å². The van der Waals surface area contributed by atoms with Gasteiger partial charge in [0.25, 0.3) is 0 Å². The first-order valence-corrected chi connectivity index (χ1v) is 10.9. The third-order valence-corrected chi connectivity index (χ3v) is 5.82. The highest BCUT2D eigenvalue weighted by Crippen LogP contribution is 2.28. The number of rotatable bonds is 7. The van der Waals surface area contributed by atoms with Gasteiger partial charge in [-0.3, -0.25) is 4.90 Å². The van der Waals surface area contributed by atoms with E-state index in [0.717, 1.165) is 36.0 Å². The molecule has 2 aromatic heterocycles. The summed E-state index contributed by atoms with van der Waals surface area (Å²) in [6.07, 6.45) is 1.76. The predicted molar refractivity (Wildman–Crippen MR) is 118 cm³/mol. The second-order valence-electron chi connectivity index (χ2n) is 7.12. The van der Waals surface area contributed by atoms with Gasteiger partial charge in [-0.25, -0.2) is 9.37 Å². The summed E-state index contributed by atoms with van der Waals surface area (Å²) in [5.74, 6) is 2.11. The minimum Gasteiger partial charge on any atom is -0.395 e. The molecule has 0 aliphatic carbocycles. The minimum atomic E-state index is -0.249. The normalized spacial score (nSPS) is 14.6. The molecule has 1 aliphatic rings. The van der Waals surface area contributed by atoms with Crippen LogP contribution in [0.15, 0.2) is 52.4 Å². The number of aryl methyl sites for hydroxylation is 1. The van der Waals surface area contributed by atoms with Crippen LogP contribution in [0.25, 0.3) is 0 Å². The van der Waals surface area contributed by atoms with Crippen LogP contribution in [0.3, 0.4) is 0 Å². The number of halogens is 1. The van der Waals surface area contributed by atoms with Crippen molar-refractivity contribution in [3.05, 3.63) is 54.2 Å². The van der Waals surface area contributed by atoms with Crippen LogP contribution >= 0.6 is 11.8 Å². The van der Waals surface area contributed by atoms with Crippen molar-refractivity contribution in [3.63, 3.8) is 0 Å². The predicted octanol–water partition coefficient (Wildman–Crippen LogP) is 2.72. The van der Waals surface area contributed by atoms with Gasteiger partial charge in [-0.15, -0.1) is 0 Å². The molecule has 10 heteroatoms. The number of aromatic nitrogens is 4. The summed E-state index contributed by atoms with van der Waals surface area (Å²) in [7, 11) is 0. The van der Waals surface area contributed by atoms with Gasteiger partial charge < -0.3 is 15.3 Å². The van der Waals surface area contributed by atoms with Crippen molar-refractivity contribution < 1.29 is 9.50 Å². The fourth-order valence-electron chi connectivity index (χ4n) is 3.25. The molecule has 0 saturated carbocycles. The van der Waals surface area contributed by atoms with E-state index < -0.39 is 0 Å². The highest BCUT2D eigenvalue weighted by Gasteiger charge is 2.19. The number of anilines is 3. The molecular weight excluding hydrogens is 417 g/mol. The Balaban J connectivity index is 1.40. The SMILES string of the molecule is Cc1nc(Nc2ccc(Sc3ccc(F)cc3)cn2)nc(N2CCN(CCO)CC2)n1. The lowest BCUT2D eigenvalue weighted by Gasteiger charge is -2.34. The van der Waals surface area contributed by atoms with Gasteiger partial charge in [-0.2, -0.15) is 15.0 Å². The van der Waals surface area contributed by atoms with Crippen molar-refractivity contribution in [2.45, 2.75) is 16.7 Å². The highest BCUT2D eigenvalue weighted by atomic mass is 32.2. The van der Waals surface area contributed by atoms with E-state index in [-0.39, 0.29) is 12.4 Å². The topological polar surface area (TPSA) is 90.3 Å². The standard InChI is InChI=1S/C21H24FN7OS/c1-15-24-20(27-21(25-15)29-10-8-28(9-11-29)12-13-30)26-19-7-6-18(14-23-19)31-17-4-2-16(22)3-5-17/h2-7,14,30H,8-13H2,1H3,(H,23,24,25,26,27). The van der Waals surface area contributed by atoms with Gasteiger partial charge in [-0.1, -0.05) is 11.8 Å². The lowest BCUT2D eigenvalue weighted by Crippen LogP contribution is -2.47. The number of aliphatic hydroxyl groups excluding tert-OH is 1. The van der Waals surface area contributed by atoms with Gasteiger partial charge in [0, 0.05) is 48.7 Å². The number of piperazine rings is 1. The second-order valence-corrected chi connectivity index (χ2v) is 8.27. The van der Waals surface area contributed by atoms with Crippen LogP contribution in [0.2, 0.25) is 0 Å². The van der Waals surface area contributed by atoms with Crippen LogP contribution in [0.5, 0.6) is 0 Å². The van der Waals surface area contributed by atoms with E-state index in [9.17, 15) is 4.39 Å². The number of benzene rings is 1. The summed E-state index contributed by atoms with van der Waals surface area (Å²) >= 11 is 1.51. The zero-order chi connectivity index (χ0) is 21.6. The molecular formula is C21H24FN7OS. The maximum atomic E-state index is 13.0. The summed E-state index contributed by atoms with van der Waals surface area (Å²) in [6, 6.07) is 10.2. The number of aliphatic hydroxyl groups is 1. The van der Waals surface area contributed by atoms with Crippen molar-refractivity contribution in [1.29, 1.82) is 0 Å². The molecule has 0 unspecified atom stereocenters. The zero-order valence-corrected chi connectivity index (χ0v) is 18.0. The lowest BCUT2D eigenvalue weighted by molar-refractivity contribution is 0.188. The molecule has 0 radical (unpaired) electrons. The van der Waals surface area contributed by atoms with E-state index in [1.165, 1.54) is 23.9 Å². The largest absolute Gasteiger partial charge is 0.395 e. The zero-order valence-electron chi connectivity index (χ0n) is 17.2. The first-order valence-electron chi connectivity index (χ1n) is 10.1. The number of pyridine rings is 1. The quantitative estimate of drug-likeness (QED) is 0.574. The fourth-order valence-corrected chi connectivity index (χ4v) is 4.03. The number of hydrogen-bond donors (Lipinski definition) is 2. The molecule has 2 N–H and O–H groups in total. The third-order valence-electron chi connectivity index (χ3n) is 4.83. The lowest BCUT2D eigenvalue weighted by atomic mass is 10.3. The molecule has 1 aliphatic heterocycles. The van der Waals surface area contributed by atoms with Gasteiger partial charge in [0.1, 0.15) is 17.5 Å². The molecule has 0 spiro atoms. The van der Waals surface area contributed by atoms with Crippen LogP contribution in [-0.4, -0.2) is 69.3 Å². The second kappa shape index (κ2) is 9.99. The Morgan fingerprint density at radius 2 is 1.74 bits per heavy atom. The Hall–Kier alpha value is -2.82. The summed E-state index contributed by atoms with van der Waals surface area (Å²) in [4.78, 5) is 24.1. The van der Waals surface area contributed by atoms with E-state index >= 15 is 0 Å². The first kappa shape index (κ1) is 21.4. The van der Waals surface area contributed by atoms with E-state index in [0.29, 0.717) is 30.1 Å². The van der Waals surface area contributed by atoms with Crippen LogP contribution in [0, 0.1) is 12.7 Å². The highest BCUT2D eigenvalue weighted by molar-refractivity contribution is 7.99. The molecule has 1 fully saturated rings. The Bertz CT molecular complexity index is 996. The summed E-state index contributed by atoms with van der Waals surface area (Å²) < 4.78 is 13.0. The van der Waals surface area contributed by atoms with Crippen LogP contribution in [-0.2, 0) is 0 Å². The number of nitrogens with zero attached hydrogens (tertiary/aromatic N) is 6. The summed E-state index contributed by atoms with van der Waals surface area (Å²) in [5, 5.41) is 12.2. The number of β-amino-alcohol motifs (C(OH)–C–C–N with tert-alkyl or cyclic N) is 1. The molecule has 0 amide bonds. The summed E-state index contributed by atoms with van der Waals surface area (Å²) in [6.45, 7) is 6.04. The average Bonchev–Trinajstić information content (AvgIpc) is 2.77. The molecule has 31 heavy (non-hydrogen) atoms. The Morgan fingerprint density at radius 3 is 2.42 bits per heavy atom. The van der Waals surface area contributed by atoms with Gasteiger partial charge >= 0.3 is 0 Å². The molecule has 8 nitrogen and oxygen atoms in total. The molecule has 162 valence electrons. The van der Waals surface area contributed by atoms with Crippen molar-refractivity contribution in [3.8, 4) is 0 Å². The van der Waals surface area contributed by atoms with Gasteiger partial charge in [0.05, 0.1) is 6.61 Å². The smallest absolute Gasteiger partial charge is 0.233 e. The molecule has 0 bridgehead atoms. The van der Waals surface area contributed by atoms with Gasteiger partial charge in [0.15, 0.2) is 0 Å². The molecule has 4 rings (SSSR count).